The van der Waals surface area contributed by atoms with Crippen LogP contribution in [0.5, 0.6) is 0 Å². The van der Waals surface area contributed by atoms with Crippen LogP contribution in [0.2, 0.25) is 0 Å². The molecule has 0 atom stereocenters. The van der Waals surface area contributed by atoms with E-state index in [2.05, 4.69) is 0 Å². The number of hydrogen-bond donors (Lipinski definition) is 1. The molecule has 5 nitrogen and oxygen atoms in total. The van der Waals surface area contributed by atoms with Gasteiger partial charge in [-0.3, -0.25) is 9.59 Å². The second kappa shape index (κ2) is 6.98. The van der Waals surface area contributed by atoms with Gasteiger partial charge in [0.05, 0.1) is 0 Å². The van der Waals surface area contributed by atoms with E-state index in [1.54, 1.807) is 34.1 Å². The van der Waals surface area contributed by atoms with Gasteiger partial charge in [-0.05, 0) is 48.2 Å². The minimum atomic E-state index is -1.18. The lowest BCUT2D eigenvalue weighted by Gasteiger charge is -2.35. The van der Waals surface area contributed by atoms with Crippen LogP contribution in [0, 0.1) is 11.6 Å². The highest BCUT2D eigenvalue weighted by atomic mass is 19.2. The van der Waals surface area contributed by atoms with Gasteiger partial charge in [0, 0.05) is 31.7 Å². The molecule has 2 aromatic rings. The summed E-state index contributed by atoms with van der Waals surface area (Å²) in [6.07, 6.45) is 1.02. The molecule has 28 heavy (non-hydrogen) atoms. The summed E-state index contributed by atoms with van der Waals surface area (Å²) >= 11 is 0. The minimum absolute atomic E-state index is 0.144. The van der Waals surface area contributed by atoms with Gasteiger partial charge in [0.1, 0.15) is 5.60 Å². The molecule has 2 aliphatic rings. The molecule has 1 heterocycles. The number of halogens is 2. The molecule has 1 aliphatic heterocycles. The van der Waals surface area contributed by atoms with Gasteiger partial charge in [0.15, 0.2) is 11.6 Å². The van der Waals surface area contributed by atoms with E-state index in [1.165, 1.54) is 6.07 Å². The Balaban J connectivity index is 1.40. The predicted molar refractivity (Wildman–Crippen MR) is 98.5 cm³/mol. The number of benzene rings is 2. The van der Waals surface area contributed by atoms with Gasteiger partial charge in [-0.15, -0.1) is 0 Å². The maximum atomic E-state index is 13.4. The summed E-state index contributed by atoms with van der Waals surface area (Å²) < 4.78 is 26.5. The van der Waals surface area contributed by atoms with Crippen molar-refractivity contribution >= 4 is 11.8 Å². The van der Waals surface area contributed by atoms with E-state index in [0.717, 1.165) is 12.1 Å². The number of nitrogens with zero attached hydrogens (tertiary/aromatic N) is 2. The van der Waals surface area contributed by atoms with Crippen LogP contribution in [0.4, 0.5) is 8.78 Å². The molecule has 4 rings (SSSR count). The summed E-state index contributed by atoms with van der Waals surface area (Å²) in [6, 6.07) is 10.4. The Hall–Kier alpha value is -2.80. The number of hydrogen-bond acceptors (Lipinski definition) is 3. The lowest BCUT2D eigenvalue weighted by atomic mass is 10.0. The van der Waals surface area contributed by atoms with Gasteiger partial charge >= 0.3 is 0 Å². The Morgan fingerprint density at radius 3 is 1.96 bits per heavy atom. The summed E-state index contributed by atoms with van der Waals surface area (Å²) in [5.41, 5.74) is 0.528. The zero-order valence-corrected chi connectivity index (χ0v) is 15.2. The predicted octanol–water partition coefficient (Wildman–Crippen LogP) is 2.44. The van der Waals surface area contributed by atoms with Gasteiger partial charge < -0.3 is 14.9 Å². The van der Waals surface area contributed by atoms with E-state index in [-0.39, 0.29) is 11.8 Å². The SMILES string of the molecule is O=C(c1ccc(-c2ccc(F)c(F)c2)cc1)N1CCN(C(=O)C2(O)CC2)CC1. The second-order valence-electron chi connectivity index (χ2n) is 7.32. The second-order valence-corrected chi connectivity index (χ2v) is 7.32. The molecule has 1 saturated carbocycles. The fraction of sp³-hybridized carbons (Fsp3) is 0.333. The van der Waals surface area contributed by atoms with Crippen molar-refractivity contribution < 1.29 is 23.5 Å². The lowest BCUT2D eigenvalue weighted by molar-refractivity contribution is -0.143. The number of amides is 2. The molecular weight excluding hydrogens is 366 g/mol. The van der Waals surface area contributed by atoms with Gasteiger partial charge in [-0.1, -0.05) is 18.2 Å². The molecule has 0 bridgehead atoms. The van der Waals surface area contributed by atoms with Crippen LogP contribution in [0.1, 0.15) is 23.2 Å². The van der Waals surface area contributed by atoms with E-state index in [9.17, 15) is 23.5 Å². The molecule has 1 N–H and O–H groups in total. The summed E-state index contributed by atoms with van der Waals surface area (Å²) in [7, 11) is 0. The van der Waals surface area contributed by atoms with Crippen LogP contribution in [0.25, 0.3) is 11.1 Å². The molecule has 0 unspecified atom stereocenters. The molecule has 0 aromatic heterocycles. The highest BCUT2D eigenvalue weighted by Gasteiger charge is 2.50. The van der Waals surface area contributed by atoms with E-state index >= 15 is 0 Å². The third kappa shape index (κ3) is 3.49. The summed E-state index contributed by atoms with van der Waals surface area (Å²) in [4.78, 5) is 28.2. The Morgan fingerprint density at radius 2 is 1.39 bits per heavy atom. The monoisotopic (exact) mass is 386 g/mol. The number of aliphatic hydroxyl groups is 1. The fourth-order valence-corrected chi connectivity index (χ4v) is 3.40. The van der Waals surface area contributed by atoms with Crippen molar-refractivity contribution in [3.63, 3.8) is 0 Å². The van der Waals surface area contributed by atoms with Crippen molar-refractivity contribution in [2.24, 2.45) is 0 Å². The van der Waals surface area contributed by atoms with Gasteiger partial charge in [-0.25, -0.2) is 8.78 Å². The quantitative estimate of drug-likeness (QED) is 0.882. The van der Waals surface area contributed by atoms with Crippen molar-refractivity contribution in [1.82, 2.24) is 9.80 Å². The van der Waals surface area contributed by atoms with E-state index < -0.39 is 17.2 Å². The van der Waals surface area contributed by atoms with Crippen LogP contribution in [-0.4, -0.2) is 58.5 Å². The van der Waals surface area contributed by atoms with Crippen molar-refractivity contribution in [2.75, 3.05) is 26.2 Å². The maximum Gasteiger partial charge on any atom is 0.254 e. The van der Waals surface area contributed by atoms with E-state index in [0.29, 0.717) is 55.7 Å². The highest BCUT2D eigenvalue weighted by Crippen LogP contribution is 2.37. The molecule has 7 heteroatoms. The first-order valence-corrected chi connectivity index (χ1v) is 9.24. The largest absolute Gasteiger partial charge is 0.380 e. The lowest BCUT2D eigenvalue weighted by Crippen LogP contribution is -2.53. The van der Waals surface area contributed by atoms with Crippen molar-refractivity contribution in [3.8, 4) is 11.1 Å². The Bertz CT molecular complexity index is 918. The molecule has 2 fully saturated rings. The summed E-state index contributed by atoms with van der Waals surface area (Å²) in [6.45, 7) is 1.62. The summed E-state index contributed by atoms with van der Waals surface area (Å²) in [5.74, 6) is -2.20. The Labute approximate surface area is 161 Å². The van der Waals surface area contributed by atoms with Gasteiger partial charge in [-0.2, -0.15) is 0 Å². The third-order valence-corrected chi connectivity index (χ3v) is 5.36. The first-order valence-electron chi connectivity index (χ1n) is 9.24. The van der Waals surface area contributed by atoms with Crippen LogP contribution in [0.15, 0.2) is 42.5 Å². The van der Waals surface area contributed by atoms with Crippen molar-refractivity contribution in [2.45, 2.75) is 18.4 Å². The molecule has 0 radical (unpaired) electrons. The van der Waals surface area contributed by atoms with Crippen molar-refractivity contribution in [3.05, 3.63) is 59.7 Å². The van der Waals surface area contributed by atoms with Crippen LogP contribution < -0.4 is 0 Å². The molecule has 146 valence electrons. The zero-order chi connectivity index (χ0) is 19.9. The van der Waals surface area contributed by atoms with E-state index in [4.69, 9.17) is 0 Å². The molecule has 2 aromatic carbocycles. The number of carbonyl (C=O) groups excluding carboxylic acids is 2. The third-order valence-electron chi connectivity index (χ3n) is 5.36. The fourth-order valence-electron chi connectivity index (χ4n) is 3.40. The average molecular weight is 386 g/mol. The highest BCUT2D eigenvalue weighted by molar-refractivity contribution is 5.95. The number of carbonyl (C=O) groups is 2. The smallest absolute Gasteiger partial charge is 0.254 e. The molecule has 2 amide bonds. The Kier molecular flexibility index (Phi) is 4.63. The first kappa shape index (κ1) is 18.6. The first-order chi connectivity index (χ1) is 13.4. The van der Waals surface area contributed by atoms with Gasteiger partial charge in [0.2, 0.25) is 0 Å². The molecule has 1 saturated heterocycles. The normalized spacial score (nSPS) is 18.1. The van der Waals surface area contributed by atoms with Crippen molar-refractivity contribution in [1.29, 1.82) is 0 Å². The topological polar surface area (TPSA) is 60.9 Å². The average Bonchev–Trinajstić information content (AvgIpc) is 3.48. The van der Waals surface area contributed by atoms with E-state index in [1.807, 2.05) is 0 Å². The molecule has 0 spiro atoms. The van der Waals surface area contributed by atoms with Crippen LogP contribution >= 0.6 is 0 Å². The zero-order valence-electron chi connectivity index (χ0n) is 15.2. The molecule has 1 aliphatic carbocycles. The number of rotatable bonds is 3. The van der Waals surface area contributed by atoms with Crippen LogP contribution in [0.3, 0.4) is 0 Å². The number of piperazine rings is 1. The maximum absolute atomic E-state index is 13.4. The van der Waals surface area contributed by atoms with Crippen LogP contribution in [-0.2, 0) is 4.79 Å². The Morgan fingerprint density at radius 1 is 0.821 bits per heavy atom. The van der Waals surface area contributed by atoms with Gasteiger partial charge in [0.25, 0.3) is 11.8 Å². The summed E-state index contributed by atoms with van der Waals surface area (Å²) in [5, 5.41) is 9.94. The minimum Gasteiger partial charge on any atom is -0.380 e. The standard InChI is InChI=1S/C21H20F2N2O3/c22-17-6-5-16(13-18(17)23)14-1-3-15(4-2-14)19(26)24-9-11-25(12-10-24)20(27)21(28)7-8-21/h1-6,13,28H,7-12H2. The molecular formula is C21H20F2N2O3.